The second kappa shape index (κ2) is 11.6. The van der Waals surface area contributed by atoms with Gasteiger partial charge in [0.25, 0.3) is 0 Å². The van der Waals surface area contributed by atoms with Gasteiger partial charge in [-0.3, -0.25) is 9.89 Å². The van der Waals surface area contributed by atoms with Crippen LogP contribution in [0.15, 0.2) is 4.99 Å². The van der Waals surface area contributed by atoms with Crippen LogP contribution in [0.1, 0.15) is 34.1 Å². The molecule has 0 aromatic heterocycles. The third-order valence-electron chi connectivity index (χ3n) is 4.19. The molecule has 0 amide bonds. The molecule has 6 nitrogen and oxygen atoms in total. The summed E-state index contributed by atoms with van der Waals surface area (Å²) in [6.07, 6.45) is 0.929. The Balaban J connectivity index is 2.34. The molecule has 2 N–H and O–H groups in total. The summed E-state index contributed by atoms with van der Waals surface area (Å²) in [4.78, 5) is 7.19. The van der Waals surface area contributed by atoms with Crippen molar-refractivity contribution in [1.82, 2.24) is 15.5 Å². The molecular formula is C17H36N4O2. The number of hydrogen-bond acceptors (Lipinski definition) is 4. The van der Waals surface area contributed by atoms with Crippen molar-refractivity contribution in [3.63, 3.8) is 0 Å². The highest BCUT2D eigenvalue weighted by Gasteiger charge is 2.31. The zero-order valence-corrected chi connectivity index (χ0v) is 15.6. The molecule has 0 aromatic carbocycles. The highest BCUT2D eigenvalue weighted by molar-refractivity contribution is 5.80. The summed E-state index contributed by atoms with van der Waals surface area (Å²) in [7, 11) is 1.69. The fourth-order valence-corrected chi connectivity index (χ4v) is 2.71. The van der Waals surface area contributed by atoms with E-state index in [1.165, 1.54) is 0 Å². The number of ether oxygens (including phenoxy) is 2. The highest BCUT2D eigenvalue weighted by atomic mass is 16.5. The molecule has 0 radical (unpaired) electrons. The number of guanidine groups is 1. The van der Waals surface area contributed by atoms with Crippen LogP contribution < -0.4 is 10.6 Å². The first kappa shape index (κ1) is 20.2. The van der Waals surface area contributed by atoms with E-state index in [1.54, 1.807) is 7.11 Å². The minimum absolute atomic E-state index is 0.466. The van der Waals surface area contributed by atoms with Gasteiger partial charge >= 0.3 is 0 Å². The monoisotopic (exact) mass is 328 g/mol. The van der Waals surface area contributed by atoms with Crippen LogP contribution in [0.4, 0.5) is 0 Å². The van der Waals surface area contributed by atoms with Crippen LogP contribution in [-0.2, 0) is 9.47 Å². The van der Waals surface area contributed by atoms with Crippen molar-refractivity contribution >= 4 is 5.96 Å². The number of likely N-dealkylation sites (tertiary alicyclic amines) is 1. The van der Waals surface area contributed by atoms with E-state index in [0.717, 1.165) is 45.2 Å². The Morgan fingerprint density at radius 1 is 1.26 bits per heavy atom. The van der Waals surface area contributed by atoms with E-state index in [2.05, 4.69) is 48.2 Å². The average Bonchev–Trinajstić information content (AvgIpc) is 2.88. The van der Waals surface area contributed by atoms with Gasteiger partial charge in [0.1, 0.15) is 0 Å². The predicted molar refractivity (Wildman–Crippen MR) is 96.1 cm³/mol. The third kappa shape index (κ3) is 7.99. The van der Waals surface area contributed by atoms with Crippen LogP contribution in [0.25, 0.3) is 0 Å². The largest absolute Gasteiger partial charge is 0.382 e. The first-order valence-corrected chi connectivity index (χ1v) is 8.94. The van der Waals surface area contributed by atoms with Crippen molar-refractivity contribution in [3.05, 3.63) is 0 Å². The molecule has 1 rings (SSSR count). The number of nitrogens with zero attached hydrogens (tertiary/aromatic N) is 2. The quantitative estimate of drug-likeness (QED) is 0.360. The van der Waals surface area contributed by atoms with Gasteiger partial charge < -0.3 is 20.1 Å². The molecule has 136 valence electrons. The Hall–Kier alpha value is -0.850. The first-order valence-electron chi connectivity index (χ1n) is 8.94. The van der Waals surface area contributed by atoms with Crippen molar-refractivity contribution < 1.29 is 9.47 Å². The topological polar surface area (TPSA) is 58.1 Å². The van der Waals surface area contributed by atoms with Crippen LogP contribution in [0.2, 0.25) is 0 Å². The van der Waals surface area contributed by atoms with Gasteiger partial charge in [-0.1, -0.05) is 6.92 Å². The van der Waals surface area contributed by atoms with E-state index in [1.807, 2.05) is 0 Å². The Morgan fingerprint density at radius 3 is 2.65 bits per heavy atom. The number of hydrogen-bond donors (Lipinski definition) is 2. The molecule has 2 atom stereocenters. The molecule has 1 saturated heterocycles. The molecule has 6 heteroatoms. The maximum absolute atomic E-state index is 5.46. The summed E-state index contributed by atoms with van der Waals surface area (Å²) < 4.78 is 10.4. The molecule has 0 spiro atoms. The Kier molecular flexibility index (Phi) is 10.2. The second-order valence-corrected chi connectivity index (χ2v) is 6.50. The zero-order valence-electron chi connectivity index (χ0n) is 15.6. The standard InChI is InChI=1S/C17H36N4O2/c1-6-18-17(19-8-7-9-23-11-10-22-5)20-16-13-21(14(2)3)12-15(16)4/h14-16H,6-13H2,1-5H3,(H2,18,19,20). The van der Waals surface area contributed by atoms with E-state index in [0.29, 0.717) is 31.2 Å². The zero-order chi connectivity index (χ0) is 17.1. The molecule has 0 aromatic rings. The molecule has 0 aliphatic carbocycles. The number of rotatable bonds is 10. The van der Waals surface area contributed by atoms with E-state index in [-0.39, 0.29) is 0 Å². The molecule has 2 unspecified atom stereocenters. The average molecular weight is 329 g/mol. The maximum Gasteiger partial charge on any atom is 0.191 e. The van der Waals surface area contributed by atoms with Gasteiger partial charge in [-0.15, -0.1) is 0 Å². The minimum Gasteiger partial charge on any atom is -0.382 e. The highest BCUT2D eigenvalue weighted by Crippen LogP contribution is 2.18. The van der Waals surface area contributed by atoms with Crippen molar-refractivity contribution in [2.45, 2.75) is 46.2 Å². The molecule has 1 aliphatic heterocycles. The lowest BCUT2D eigenvalue weighted by atomic mass is 10.1. The maximum atomic E-state index is 5.46. The van der Waals surface area contributed by atoms with Crippen molar-refractivity contribution in [2.24, 2.45) is 10.9 Å². The third-order valence-corrected chi connectivity index (χ3v) is 4.19. The SMILES string of the molecule is CCNC(=NCCCOCCOC)NC1CN(C(C)C)CC1C. The summed E-state index contributed by atoms with van der Waals surface area (Å²) in [5.74, 6) is 1.56. The van der Waals surface area contributed by atoms with E-state index >= 15 is 0 Å². The van der Waals surface area contributed by atoms with Crippen molar-refractivity contribution in [3.8, 4) is 0 Å². The number of aliphatic imine (C=N–C) groups is 1. The van der Waals surface area contributed by atoms with E-state index in [4.69, 9.17) is 9.47 Å². The lowest BCUT2D eigenvalue weighted by Crippen LogP contribution is -2.46. The fraction of sp³-hybridized carbons (Fsp3) is 0.941. The number of nitrogens with one attached hydrogen (secondary N) is 2. The van der Waals surface area contributed by atoms with E-state index in [9.17, 15) is 0 Å². The van der Waals surface area contributed by atoms with Gasteiger partial charge in [0.15, 0.2) is 5.96 Å². The first-order chi connectivity index (χ1) is 11.1. The van der Waals surface area contributed by atoms with Crippen LogP contribution >= 0.6 is 0 Å². The summed E-state index contributed by atoms with van der Waals surface area (Å²) in [6.45, 7) is 14.9. The predicted octanol–water partition coefficient (Wildman–Crippen LogP) is 1.32. The molecule has 1 fully saturated rings. The van der Waals surface area contributed by atoms with Gasteiger partial charge in [0.05, 0.1) is 13.2 Å². The van der Waals surface area contributed by atoms with Crippen LogP contribution in [0, 0.1) is 5.92 Å². The van der Waals surface area contributed by atoms with E-state index < -0.39 is 0 Å². The molecule has 23 heavy (non-hydrogen) atoms. The lowest BCUT2D eigenvalue weighted by molar-refractivity contribution is 0.0702. The lowest BCUT2D eigenvalue weighted by Gasteiger charge is -2.21. The fourth-order valence-electron chi connectivity index (χ4n) is 2.71. The van der Waals surface area contributed by atoms with Gasteiger partial charge in [0.2, 0.25) is 0 Å². The van der Waals surface area contributed by atoms with Crippen LogP contribution in [0.3, 0.4) is 0 Å². The molecule has 1 heterocycles. The second-order valence-electron chi connectivity index (χ2n) is 6.50. The van der Waals surface area contributed by atoms with Gasteiger partial charge in [-0.05, 0) is 33.1 Å². The minimum atomic E-state index is 0.466. The Bertz CT molecular complexity index is 337. The molecule has 0 saturated carbocycles. The van der Waals surface area contributed by atoms with Crippen LogP contribution in [-0.4, -0.2) is 76.1 Å². The van der Waals surface area contributed by atoms with Crippen molar-refractivity contribution in [2.75, 3.05) is 53.1 Å². The normalized spacial score (nSPS) is 22.8. The van der Waals surface area contributed by atoms with Gasteiger partial charge in [0, 0.05) is 52.0 Å². The summed E-state index contributed by atoms with van der Waals surface area (Å²) in [5, 5.41) is 6.94. The number of methoxy groups -OCH3 is 1. The molecule has 1 aliphatic rings. The summed E-state index contributed by atoms with van der Waals surface area (Å²) >= 11 is 0. The van der Waals surface area contributed by atoms with Crippen molar-refractivity contribution in [1.29, 1.82) is 0 Å². The Labute approximate surface area is 142 Å². The van der Waals surface area contributed by atoms with Gasteiger partial charge in [-0.25, -0.2) is 0 Å². The smallest absolute Gasteiger partial charge is 0.191 e. The van der Waals surface area contributed by atoms with Gasteiger partial charge in [-0.2, -0.15) is 0 Å². The van der Waals surface area contributed by atoms with Crippen LogP contribution in [0.5, 0.6) is 0 Å². The molecular weight excluding hydrogens is 292 g/mol. The summed E-state index contributed by atoms with van der Waals surface area (Å²) in [5.41, 5.74) is 0. The Morgan fingerprint density at radius 2 is 2.04 bits per heavy atom. The summed E-state index contributed by atoms with van der Waals surface area (Å²) in [6, 6.07) is 1.07. The molecule has 0 bridgehead atoms.